The third-order valence-electron chi connectivity index (χ3n) is 4.64. The molecule has 1 heterocycles. The normalized spacial score (nSPS) is 15.9. The standard InChI is InChI=1S/C21H23BrN2O4/c1-27-17-8-10-18(11-9-17)28-14-12-23-20(25)19-3-2-13-24(19)21(26)15-4-6-16(22)7-5-15/h4-11,19H,2-3,12-14H2,1H3,(H,23,25). The number of hydrogen-bond donors (Lipinski definition) is 1. The number of likely N-dealkylation sites (tertiary alicyclic amines) is 1. The van der Waals surface area contributed by atoms with Gasteiger partial charge in [-0.05, 0) is 61.4 Å². The number of amides is 2. The van der Waals surface area contributed by atoms with Crippen molar-refractivity contribution in [2.24, 2.45) is 0 Å². The van der Waals surface area contributed by atoms with Gasteiger partial charge in [0.15, 0.2) is 0 Å². The molecule has 0 aromatic heterocycles. The third kappa shape index (κ3) is 5.04. The Hall–Kier alpha value is -2.54. The molecular weight excluding hydrogens is 424 g/mol. The van der Waals surface area contributed by atoms with Crippen molar-refractivity contribution < 1.29 is 19.1 Å². The van der Waals surface area contributed by atoms with Gasteiger partial charge in [0.25, 0.3) is 5.91 Å². The molecule has 2 amide bonds. The molecule has 0 bridgehead atoms. The Kier molecular flexibility index (Phi) is 6.92. The van der Waals surface area contributed by atoms with Crippen molar-refractivity contribution in [3.63, 3.8) is 0 Å². The zero-order chi connectivity index (χ0) is 19.9. The number of methoxy groups -OCH3 is 1. The van der Waals surface area contributed by atoms with Gasteiger partial charge >= 0.3 is 0 Å². The molecule has 2 aromatic carbocycles. The number of ether oxygens (including phenoxy) is 2. The van der Waals surface area contributed by atoms with Gasteiger partial charge < -0.3 is 19.7 Å². The van der Waals surface area contributed by atoms with Crippen LogP contribution in [0.4, 0.5) is 0 Å². The van der Waals surface area contributed by atoms with Crippen molar-refractivity contribution in [2.45, 2.75) is 18.9 Å². The summed E-state index contributed by atoms with van der Waals surface area (Å²) in [6.07, 6.45) is 1.50. The average molecular weight is 447 g/mol. The minimum absolute atomic E-state index is 0.111. The fourth-order valence-electron chi connectivity index (χ4n) is 3.17. The van der Waals surface area contributed by atoms with Crippen molar-refractivity contribution in [2.75, 3.05) is 26.8 Å². The first kappa shape index (κ1) is 20.2. The van der Waals surface area contributed by atoms with E-state index in [0.29, 0.717) is 37.4 Å². The lowest BCUT2D eigenvalue weighted by Gasteiger charge is -2.24. The first-order chi connectivity index (χ1) is 13.6. The van der Waals surface area contributed by atoms with E-state index < -0.39 is 6.04 Å². The fraction of sp³-hybridized carbons (Fsp3) is 0.333. The molecule has 0 aliphatic carbocycles. The molecule has 6 nitrogen and oxygen atoms in total. The maximum absolute atomic E-state index is 12.7. The zero-order valence-electron chi connectivity index (χ0n) is 15.7. The van der Waals surface area contributed by atoms with Gasteiger partial charge in [-0.1, -0.05) is 15.9 Å². The van der Waals surface area contributed by atoms with Crippen LogP contribution in [-0.4, -0.2) is 49.6 Å². The lowest BCUT2D eigenvalue weighted by atomic mass is 10.1. The van der Waals surface area contributed by atoms with Crippen LogP contribution < -0.4 is 14.8 Å². The van der Waals surface area contributed by atoms with Crippen molar-refractivity contribution in [1.82, 2.24) is 10.2 Å². The minimum atomic E-state index is -0.433. The van der Waals surface area contributed by atoms with Gasteiger partial charge in [-0.2, -0.15) is 0 Å². The van der Waals surface area contributed by atoms with Crippen LogP contribution in [-0.2, 0) is 4.79 Å². The van der Waals surface area contributed by atoms with Gasteiger partial charge in [-0.3, -0.25) is 9.59 Å². The Morgan fingerprint density at radius 3 is 2.46 bits per heavy atom. The monoisotopic (exact) mass is 446 g/mol. The molecule has 3 rings (SSSR count). The van der Waals surface area contributed by atoms with Gasteiger partial charge in [0.1, 0.15) is 24.1 Å². The highest BCUT2D eigenvalue weighted by Crippen LogP contribution is 2.21. The summed E-state index contributed by atoms with van der Waals surface area (Å²) in [7, 11) is 1.61. The number of benzene rings is 2. The lowest BCUT2D eigenvalue weighted by Crippen LogP contribution is -2.46. The summed E-state index contributed by atoms with van der Waals surface area (Å²) in [6.45, 7) is 1.32. The van der Waals surface area contributed by atoms with Crippen LogP contribution in [0.1, 0.15) is 23.2 Å². The van der Waals surface area contributed by atoms with E-state index >= 15 is 0 Å². The summed E-state index contributed by atoms with van der Waals surface area (Å²) in [5, 5.41) is 2.87. The first-order valence-corrected chi connectivity index (χ1v) is 9.99. The molecule has 148 valence electrons. The summed E-state index contributed by atoms with van der Waals surface area (Å²) in [6, 6.07) is 14.0. The second-order valence-electron chi connectivity index (χ2n) is 6.48. The quantitative estimate of drug-likeness (QED) is 0.662. The van der Waals surface area contributed by atoms with E-state index in [1.807, 2.05) is 36.4 Å². The van der Waals surface area contributed by atoms with E-state index in [1.165, 1.54) is 0 Å². The Labute approximate surface area is 172 Å². The van der Waals surface area contributed by atoms with Crippen molar-refractivity contribution in [3.05, 3.63) is 58.6 Å². The van der Waals surface area contributed by atoms with E-state index in [2.05, 4.69) is 21.2 Å². The van der Waals surface area contributed by atoms with Gasteiger partial charge in [-0.15, -0.1) is 0 Å². The highest BCUT2D eigenvalue weighted by molar-refractivity contribution is 9.10. The van der Waals surface area contributed by atoms with Crippen LogP contribution in [0.3, 0.4) is 0 Å². The van der Waals surface area contributed by atoms with Crippen LogP contribution in [0.15, 0.2) is 53.0 Å². The minimum Gasteiger partial charge on any atom is -0.497 e. The van der Waals surface area contributed by atoms with Crippen LogP contribution in [0.5, 0.6) is 11.5 Å². The number of hydrogen-bond acceptors (Lipinski definition) is 4. The van der Waals surface area contributed by atoms with Crippen molar-refractivity contribution in [1.29, 1.82) is 0 Å². The Morgan fingerprint density at radius 1 is 1.11 bits per heavy atom. The highest BCUT2D eigenvalue weighted by Gasteiger charge is 2.34. The molecule has 1 fully saturated rings. The lowest BCUT2D eigenvalue weighted by molar-refractivity contribution is -0.124. The SMILES string of the molecule is COc1ccc(OCCNC(=O)C2CCCN2C(=O)c2ccc(Br)cc2)cc1. The Bertz CT molecular complexity index is 808. The van der Waals surface area contributed by atoms with Gasteiger partial charge in [-0.25, -0.2) is 0 Å². The summed E-state index contributed by atoms with van der Waals surface area (Å²) in [4.78, 5) is 26.9. The number of nitrogens with zero attached hydrogens (tertiary/aromatic N) is 1. The molecule has 1 aliphatic heterocycles. The Morgan fingerprint density at radius 2 is 1.79 bits per heavy atom. The summed E-state index contributed by atoms with van der Waals surface area (Å²) < 4.78 is 11.6. The van der Waals surface area contributed by atoms with Gasteiger partial charge in [0, 0.05) is 16.6 Å². The molecule has 1 unspecified atom stereocenters. The summed E-state index contributed by atoms with van der Waals surface area (Å²) in [5.41, 5.74) is 0.589. The molecule has 7 heteroatoms. The maximum atomic E-state index is 12.7. The molecule has 28 heavy (non-hydrogen) atoms. The molecule has 0 radical (unpaired) electrons. The summed E-state index contributed by atoms with van der Waals surface area (Å²) >= 11 is 3.37. The van der Waals surface area contributed by atoms with Crippen LogP contribution >= 0.6 is 15.9 Å². The molecule has 2 aromatic rings. The predicted octanol–water partition coefficient (Wildman–Crippen LogP) is 3.26. The van der Waals surface area contributed by atoms with Crippen LogP contribution in [0.25, 0.3) is 0 Å². The topological polar surface area (TPSA) is 67.9 Å². The first-order valence-electron chi connectivity index (χ1n) is 9.19. The van der Waals surface area contributed by atoms with Crippen LogP contribution in [0.2, 0.25) is 0 Å². The van der Waals surface area contributed by atoms with E-state index in [-0.39, 0.29) is 11.8 Å². The second-order valence-corrected chi connectivity index (χ2v) is 7.39. The summed E-state index contributed by atoms with van der Waals surface area (Å²) in [5.74, 6) is 1.22. The van der Waals surface area contributed by atoms with Crippen molar-refractivity contribution >= 4 is 27.7 Å². The van der Waals surface area contributed by atoms with Gasteiger partial charge in [0.2, 0.25) is 5.91 Å². The molecule has 0 saturated carbocycles. The molecule has 0 spiro atoms. The number of halogens is 1. The molecule has 1 atom stereocenters. The number of nitrogens with one attached hydrogen (secondary N) is 1. The van der Waals surface area contributed by atoms with Crippen LogP contribution in [0, 0.1) is 0 Å². The number of rotatable bonds is 7. The molecule has 1 aliphatic rings. The van der Waals surface area contributed by atoms with E-state index in [1.54, 1.807) is 24.1 Å². The number of carbonyl (C=O) groups is 2. The molecule has 1 saturated heterocycles. The average Bonchev–Trinajstić information content (AvgIpc) is 3.21. The maximum Gasteiger partial charge on any atom is 0.254 e. The molecular formula is C21H23BrN2O4. The third-order valence-corrected chi connectivity index (χ3v) is 5.17. The predicted molar refractivity (Wildman–Crippen MR) is 110 cm³/mol. The van der Waals surface area contributed by atoms with Crippen molar-refractivity contribution in [3.8, 4) is 11.5 Å². The largest absolute Gasteiger partial charge is 0.497 e. The highest BCUT2D eigenvalue weighted by atomic mass is 79.9. The second kappa shape index (κ2) is 9.59. The van der Waals surface area contributed by atoms with E-state index in [4.69, 9.17) is 9.47 Å². The number of carbonyl (C=O) groups excluding carboxylic acids is 2. The zero-order valence-corrected chi connectivity index (χ0v) is 17.3. The fourth-order valence-corrected chi connectivity index (χ4v) is 3.44. The van der Waals surface area contributed by atoms with E-state index in [9.17, 15) is 9.59 Å². The van der Waals surface area contributed by atoms with E-state index in [0.717, 1.165) is 16.6 Å². The Balaban J connectivity index is 1.48. The molecule has 1 N–H and O–H groups in total. The van der Waals surface area contributed by atoms with Gasteiger partial charge in [0.05, 0.1) is 13.7 Å². The smallest absolute Gasteiger partial charge is 0.254 e.